The summed E-state index contributed by atoms with van der Waals surface area (Å²) in [7, 11) is 0. The van der Waals surface area contributed by atoms with Crippen molar-refractivity contribution in [1.82, 2.24) is 10.3 Å². The summed E-state index contributed by atoms with van der Waals surface area (Å²) < 4.78 is 0. The maximum absolute atomic E-state index is 12.7. The molecule has 150 valence electrons. The van der Waals surface area contributed by atoms with Crippen molar-refractivity contribution in [3.05, 3.63) is 65.9 Å². The van der Waals surface area contributed by atoms with E-state index in [0.717, 1.165) is 16.5 Å². The van der Waals surface area contributed by atoms with Crippen LogP contribution in [0.15, 0.2) is 54.7 Å². The molecule has 0 saturated heterocycles. The van der Waals surface area contributed by atoms with Crippen LogP contribution in [0.4, 0.5) is 5.69 Å². The van der Waals surface area contributed by atoms with E-state index in [1.165, 1.54) is 6.92 Å². The van der Waals surface area contributed by atoms with Crippen molar-refractivity contribution in [2.75, 3.05) is 11.9 Å². The predicted molar refractivity (Wildman–Crippen MR) is 114 cm³/mol. The molecule has 29 heavy (non-hydrogen) atoms. The smallest absolute Gasteiger partial charge is 0.239 e. The van der Waals surface area contributed by atoms with Gasteiger partial charge < -0.3 is 15.6 Å². The lowest BCUT2D eigenvalue weighted by Crippen LogP contribution is -2.45. The lowest BCUT2D eigenvalue weighted by molar-refractivity contribution is -0.138. The van der Waals surface area contributed by atoms with E-state index >= 15 is 0 Å². The number of anilines is 1. The standard InChI is InChI=1S/C23H25N3O3/c1-15(27)16-7-6-8-18(13-16)26-22(29)23(2,3)21(28)24-12-11-17-14-25-20-10-5-4-9-19(17)20/h4-10,13-14,25H,11-12H2,1-3H3,(H,24,28)(H,26,29). The maximum Gasteiger partial charge on any atom is 0.239 e. The summed E-state index contributed by atoms with van der Waals surface area (Å²) in [6, 6.07) is 14.7. The van der Waals surface area contributed by atoms with Crippen LogP contribution in [0.1, 0.15) is 36.7 Å². The topological polar surface area (TPSA) is 91.1 Å². The summed E-state index contributed by atoms with van der Waals surface area (Å²) in [6.45, 7) is 5.06. The van der Waals surface area contributed by atoms with E-state index in [9.17, 15) is 14.4 Å². The molecule has 0 aliphatic heterocycles. The molecule has 3 aromatic rings. The molecule has 0 radical (unpaired) electrons. The first-order valence-electron chi connectivity index (χ1n) is 9.55. The summed E-state index contributed by atoms with van der Waals surface area (Å²) in [5, 5.41) is 6.71. The molecular formula is C23H25N3O3. The van der Waals surface area contributed by atoms with E-state index in [2.05, 4.69) is 15.6 Å². The normalized spacial score (nSPS) is 11.3. The van der Waals surface area contributed by atoms with Gasteiger partial charge in [-0.15, -0.1) is 0 Å². The average molecular weight is 391 g/mol. The molecule has 1 aromatic heterocycles. The third-order valence-corrected chi connectivity index (χ3v) is 5.02. The molecule has 2 aromatic carbocycles. The minimum Gasteiger partial charge on any atom is -0.361 e. The van der Waals surface area contributed by atoms with Crippen LogP contribution in [0, 0.1) is 5.41 Å². The molecule has 0 aliphatic carbocycles. The molecule has 6 nitrogen and oxygen atoms in total. The van der Waals surface area contributed by atoms with E-state index in [4.69, 9.17) is 0 Å². The van der Waals surface area contributed by atoms with Crippen LogP contribution in [0.25, 0.3) is 10.9 Å². The van der Waals surface area contributed by atoms with Crippen LogP contribution in [0.2, 0.25) is 0 Å². The van der Waals surface area contributed by atoms with Crippen molar-refractivity contribution >= 4 is 34.2 Å². The lowest BCUT2D eigenvalue weighted by atomic mass is 9.90. The number of fused-ring (bicyclic) bond motifs is 1. The molecule has 6 heteroatoms. The highest BCUT2D eigenvalue weighted by Gasteiger charge is 2.35. The Hall–Kier alpha value is -3.41. The number of hydrogen-bond acceptors (Lipinski definition) is 3. The van der Waals surface area contributed by atoms with Crippen LogP contribution in [-0.2, 0) is 16.0 Å². The highest BCUT2D eigenvalue weighted by molar-refractivity contribution is 6.10. The number of Topliss-reactive ketones (excluding diaryl/α,β-unsaturated/α-hetero) is 1. The first-order valence-corrected chi connectivity index (χ1v) is 9.55. The molecular weight excluding hydrogens is 366 g/mol. The van der Waals surface area contributed by atoms with Gasteiger partial charge in [-0.2, -0.15) is 0 Å². The van der Waals surface area contributed by atoms with Crippen molar-refractivity contribution in [3.8, 4) is 0 Å². The van der Waals surface area contributed by atoms with Gasteiger partial charge in [0.25, 0.3) is 0 Å². The predicted octanol–water partition coefficient (Wildman–Crippen LogP) is 3.69. The number of hydrogen-bond donors (Lipinski definition) is 3. The van der Waals surface area contributed by atoms with Gasteiger partial charge in [0, 0.05) is 34.9 Å². The zero-order valence-corrected chi connectivity index (χ0v) is 16.8. The Morgan fingerprint density at radius 2 is 1.76 bits per heavy atom. The molecule has 0 saturated carbocycles. The van der Waals surface area contributed by atoms with E-state index in [1.807, 2.05) is 30.5 Å². The maximum atomic E-state index is 12.7. The Morgan fingerprint density at radius 1 is 1.00 bits per heavy atom. The summed E-state index contributed by atoms with van der Waals surface area (Å²) in [5.74, 6) is -0.865. The second-order valence-corrected chi connectivity index (χ2v) is 7.58. The van der Waals surface area contributed by atoms with Gasteiger partial charge in [-0.05, 0) is 51.0 Å². The zero-order valence-electron chi connectivity index (χ0n) is 16.8. The molecule has 1 heterocycles. The Kier molecular flexibility index (Phi) is 5.82. The summed E-state index contributed by atoms with van der Waals surface area (Å²) in [4.78, 5) is 40.0. The van der Waals surface area contributed by atoms with Crippen LogP contribution >= 0.6 is 0 Å². The zero-order chi connectivity index (χ0) is 21.0. The van der Waals surface area contributed by atoms with Gasteiger partial charge in [-0.25, -0.2) is 0 Å². The monoisotopic (exact) mass is 391 g/mol. The van der Waals surface area contributed by atoms with Crippen LogP contribution in [-0.4, -0.2) is 29.1 Å². The number of nitrogens with one attached hydrogen (secondary N) is 3. The quantitative estimate of drug-likeness (QED) is 0.424. The molecule has 2 amide bonds. The van der Waals surface area contributed by atoms with Gasteiger partial charge in [-0.3, -0.25) is 14.4 Å². The average Bonchev–Trinajstić information content (AvgIpc) is 3.11. The minimum atomic E-state index is -1.26. The van der Waals surface area contributed by atoms with Crippen molar-refractivity contribution in [1.29, 1.82) is 0 Å². The summed E-state index contributed by atoms with van der Waals surface area (Å²) >= 11 is 0. The number of aromatic nitrogens is 1. The lowest BCUT2D eigenvalue weighted by Gasteiger charge is -2.23. The number of rotatable bonds is 7. The van der Waals surface area contributed by atoms with Crippen molar-refractivity contribution in [2.45, 2.75) is 27.2 Å². The van der Waals surface area contributed by atoms with Gasteiger partial charge in [0.05, 0.1) is 0 Å². The Morgan fingerprint density at radius 3 is 2.52 bits per heavy atom. The fourth-order valence-corrected chi connectivity index (χ4v) is 3.08. The number of para-hydroxylation sites is 1. The summed E-state index contributed by atoms with van der Waals surface area (Å²) in [6.07, 6.45) is 2.60. The van der Waals surface area contributed by atoms with Gasteiger partial charge in [-0.1, -0.05) is 30.3 Å². The number of H-pyrrole nitrogens is 1. The first-order chi connectivity index (χ1) is 13.8. The number of benzene rings is 2. The second kappa shape index (κ2) is 8.31. The van der Waals surface area contributed by atoms with E-state index in [1.54, 1.807) is 38.1 Å². The number of carbonyl (C=O) groups is 3. The molecule has 0 fully saturated rings. The fraction of sp³-hybridized carbons (Fsp3) is 0.261. The Bertz CT molecular complexity index is 1070. The number of aromatic amines is 1. The molecule has 0 bridgehead atoms. The Balaban J connectivity index is 1.59. The number of ketones is 1. The molecule has 0 unspecified atom stereocenters. The van der Waals surface area contributed by atoms with Crippen molar-refractivity contribution in [3.63, 3.8) is 0 Å². The van der Waals surface area contributed by atoms with E-state index in [0.29, 0.717) is 24.2 Å². The van der Waals surface area contributed by atoms with Gasteiger partial charge >= 0.3 is 0 Å². The SMILES string of the molecule is CC(=O)c1cccc(NC(=O)C(C)(C)C(=O)NCCc2c[nH]c3ccccc23)c1. The minimum absolute atomic E-state index is 0.0876. The fourth-order valence-electron chi connectivity index (χ4n) is 3.08. The molecule has 0 aliphatic rings. The van der Waals surface area contributed by atoms with Crippen LogP contribution < -0.4 is 10.6 Å². The van der Waals surface area contributed by atoms with Crippen molar-refractivity contribution in [2.24, 2.45) is 5.41 Å². The van der Waals surface area contributed by atoms with Crippen LogP contribution in [0.3, 0.4) is 0 Å². The first kappa shape index (κ1) is 20.3. The summed E-state index contributed by atoms with van der Waals surface area (Å²) in [5.41, 5.74) is 1.91. The van der Waals surface area contributed by atoms with Crippen LogP contribution in [0.5, 0.6) is 0 Å². The number of amides is 2. The van der Waals surface area contributed by atoms with Gasteiger partial charge in [0.2, 0.25) is 11.8 Å². The largest absolute Gasteiger partial charge is 0.361 e. The molecule has 3 N–H and O–H groups in total. The van der Waals surface area contributed by atoms with E-state index < -0.39 is 11.3 Å². The van der Waals surface area contributed by atoms with Crippen molar-refractivity contribution < 1.29 is 14.4 Å². The molecule has 0 atom stereocenters. The third-order valence-electron chi connectivity index (χ3n) is 5.02. The number of carbonyl (C=O) groups excluding carboxylic acids is 3. The highest BCUT2D eigenvalue weighted by Crippen LogP contribution is 2.21. The third kappa shape index (κ3) is 4.54. The Labute approximate surface area is 169 Å². The highest BCUT2D eigenvalue weighted by atomic mass is 16.2. The van der Waals surface area contributed by atoms with Gasteiger partial charge in [0.1, 0.15) is 5.41 Å². The van der Waals surface area contributed by atoms with Gasteiger partial charge in [0.15, 0.2) is 5.78 Å². The molecule has 0 spiro atoms. The second-order valence-electron chi connectivity index (χ2n) is 7.58. The molecule has 3 rings (SSSR count). The van der Waals surface area contributed by atoms with E-state index in [-0.39, 0.29) is 11.7 Å².